The van der Waals surface area contributed by atoms with Crippen LogP contribution in [-0.4, -0.2) is 14.9 Å². The summed E-state index contributed by atoms with van der Waals surface area (Å²) in [6, 6.07) is 4.57. The lowest BCUT2D eigenvalue weighted by molar-refractivity contribution is 0.208. The molecule has 1 unspecified atom stereocenters. The molecule has 17 heavy (non-hydrogen) atoms. The molecule has 4 heteroatoms. The summed E-state index contributed by atoms with van der Waals surface area (Å²) >= 11 is 0. The summed E-state index contributed by atoms with van der Waals surface area (Å²) in [7, 11) is 1.76. The fourth-order valence-corrected chi connectivity index (χ4v) is 2.03. The van der Waals surface area contributed by atoms with E-state index < -0.39 is 6.10 Å². The molecule has 0 saturated heterocycles. The Hall–Kier alpha value is -1.68. The number of nitrogens with zero attached hydrogens (tertiary/aromatic N) is 2. The molecule has 0 bridgehead atoms. The van der Waals surface area contributed by atoms with Crippen LogP contribution in [-0.2, 0) is 7.05 Å². The number of rotatable bonds is 2. The molecule has 0 fully saturated rings. The van der Waals surface area contributed by atoms with Gasteiger partial charge in [-0.2, -0.15) is 5.10 Å². The third kappa shape index (κ3) is 2.22. The highest BCUT2D eigenvalue weighted by Crippen LogP contribution is 2.25. The van der Waals surface area contributed by atoms with E-state index in [1.165, 1.54) is 12.1 Å². The molecule has 1 atom stereocenters. The highest BCUT2D eigenvalue weighted by Gasteiger charge is 2.17. The Morgan fingerprint density at radius 2 is 2.00 bits per heavy atom. The number of benzene rings is 1. The van der Waals surface area contributed by atoms with Gasteiger partial charge in [0.15, 0.2) is 0 Å². The van der Waals surface area contributed by atoms with Gasteiger partial charge in [0.05, 0.1) is 11.9 Å². The molecule has 1 heterocycles. The van der Waals surface area contributed by atoms with Gasteiger partial charge in [0.25, 0.3) is 0 Å². The van der Waals surface area contributed by atoms with E-state index in [1.807, 2.05) is 6.92 Å². The van der Waals surface area contributed by atoms with E-state index in [-0.39, 0.29) is 5.82 Å². The van der Waals surface area contributed by atoms with Crippen molar-refractivity contribution in [3.05, 3.63) is 52.6 Å². The molecule has 90 valence electrons. The first-order valence-corrected chi connectivity index (χ1v) is 5.42. The van der Waals surface area contributed by atoms with Crippen molar-refractivity contribution in [2.45, 2.75) is 20.0 Å². The largest absolute Gasteiger partial charge is 0.382 e. The highest BCUT2D eigenvalue weighted by atomic mass is 19.1. The predicted octanol–water partition coefficient (Wildman–Crippen LogP) is 2.26. The second-order valence-electron chi connectivity index (χ2n) is 4.30. The zero-order chi connectivity index (χ0) is 12.6. The normalized spacial score (nSPS) is 12.8. The molecule has 1 aromatic heterocycles. The van der Waals surface area contributed by atoms with Gasteiger partial charge in [0, 0.05) is 7.05 Å². The second kappa shape index (κ2) is 4.30. The van der Waals surface area contributed by atoms with Crippen molar-refractivity contribution >= 4 is 0 Å². The summed E-state index contributed by atoms with van der Waals surface area (Å²) in [6.07, 6.45) is 0.835. The van der Waals surface area contributed by atoms with E-state index in [0.717, 1.165) is 11.1 Å². The average molecular weight is 234 g/mol. The van der Waals surface area contributed by atoms with Crippen molar-refractivity contribution in [3.8, 4) is 0 Å². The van der Waals surface area contributed by atoms with Crippen LogP contribution >= 0.6 is 0 Å². The van der Waals surface area contributed by atoms with Crippen LogP contribution in [0.5, 0.6) is 0 Å². The number of aromatic nitrogens is 2. The van der Waals surface area contributed by atoms with Gasteiger partial charge >= 0.3 is 0 Å². The number of aliphatic hydroxyl groups excluding tert-OH is 1. The molecular weight excluding hydrogens is 219 g/mol. The number of hydrogen-bond donors (Lipinski definition) is 1. The zero-order valence-corrected chi connectivity index (χ0v) is 10.1. The maximum absolute atomic E-state index is 13.3. The minimum absolute atomic E-state index is 0.334. The fourth-order valence-electron chi connectivity index (χ4n) is 2.03. The van der Waals surface area contributed by atoms with E-state index in [2.05, 4.69) is 5.10 Å². The Balaban J connectivity index is 2.47. The summed E-state index contributed by atoms with van der Waals surface area (Å²) in [6.45, 7) is 3.67. The molecule has 0 spiro atoms. The summed E-state index contributed by atoms with van der Waals surface area (Å²) in [4.78, 5) is 0. The van der Waals surface area contributed by atoms with Crippen molar-refractivity contribution in [1.82, 2.24) is 9.78 Å². The van der Waals surface area contributed by atoms with E-state index in [4.69, 9.17) is 0 Å². The average Bonchev–Trinajstić information content (AvgIpc) is 2.56. The fraction of sp³-hybridized carbons (Fsp3) is 0.308. The molecule has 2 rings (SSSR count). The van der Waals surface area contributed by atoms with Gasteiger partial charge in [-0.25, -0.2) is 4.39 Å². The molecule has 1 aromatic carbocycles. The number of aliphatic hydroxyl groups is 1. The second-order valence-corrected chi connectivity index (χ2v) is 4.30. The Morgan fingerprint density at radius 3 is 2.53 bits per heavy atom. The van der Waals surface area contributed by atoms with Gasteiger partial charge in [-0.05, 0) is 42.7 Å². The Bertz CT molecular complexity index is 509. The quantitative estimate of drug-likeness (QED) is 0.865. The topological polar surface area (TPSA) is 38.1 Å². The molecule has 1 N–H and O–H groups in total. The standard InChI is InChI=1S/C13H15FN2O/c1-8-4-10(6-11(14)5-8)13(17)12-9(2)7-15-16(12)3/h4-7,13,17H,1-3H3. The Morgan fingerprint density at radius 1 is 1.29 bits per heavy atom. The third-order valence-electron chi connectivity index (χ3n) is 2.82. The van der Waals surface area contributed by atoms with Crippen LogP contribution in [0.2, 0.25) is 0 Å². The van der Waals surface area contributed by atoms with Gasteiger partial charge in [0.2, 0.25) is 0 Å². The zero-order valence-electron chi connectivity index (χ0n) is 10.1. The smallest absolute Gasteiger partial charge is 0.123 e. The van der Waals surface area contributed by atoms with Crippen molar-refractivity contribution in [2.24, 2.45) is 7.05 Å². The molecule has 0 aliphatic carbocycles. The molecular formula is C13H15FN2O. The molecule has 0 saturated carbocycles. The number of hydrogen-bond acceptors (Lipinski definition) is 2. The van der Waals surface area contributed by atoms with Crippen molar-refractivity contribution in [1.29, 1.82) is 0 Å². The molecule has 0 aliphatic rings. The summed E-state index contributed by atoms with van der Waals surface area (Å²) in [5.74, 6) is -0.334. The summed E-state index contributed by atoms with van der Waals surface area (Å²) in [5, 5.41) is 14.3. The molecule has 0 radical (unpaired) electrons. The van der Waals surface area contributed by atoms with Crippen LogP contribution in [0.15, 0.2) is 24.4 Å². The maximum atomic E-state index is 13.3. The number of aryl methyl sites for hydroxylation is 3. The Labute approximate surface area is 99.5 Å². The summed E-state index contributed by atoms with van der Waals surface area (Å²) < 4.78 is 14.9. The highest BCUT2D eigenvalue weighted by molar-refractivity contribution is 5.32. The van der Waals surface area contributed by atoms with E-state index in [9.17, 15) is 9.50 Å². The minimum atomic E-state index is -0.850. The van der Waals surface area contributed by atoms with Crippen LogP contribution in [0, 0.1) is 19.7 Å². The van der Waals surface area contributed by atoms with E-state index in [1.54, 1.807) is 30.9 Å². The monoisotopic (exact) mass is 234 g/mol. The van der Waals surface area contributed by atoms with Gasteiger partial charge in [-0.15, -0.1) is 0 Å². The minimum Gasteiger partial charge on any atom is -0.382 e. The lowest BCUT2D eigenvalue weighted by Crippen LogP contribution is -2.08. The van der Waals surface area contributed by atoms with Crippen LogP contribution < -0.4 is 0 Å². The lowest BCUT2D eigenvalue weighted by atomic mass is 10.0. The van der Waals surface area contributed by atoms with E-state index in [0.29, 0.717) is 11.3 Å². The van der Waals surface area contributed by atoms with E-state index >= 15 is 0 Å². The van der Waals surface area contributed by atoms with Crippen molar-refractivity contribution in [3.63, 3.8) is 0 Å². The Kier molecular flexibility index (Phi) is 2.98. The van der Waals surface area contributed by atoms with Crippen molar-refractivity contribution < 1.29 is 9.50 Å². The molecule has 0 amide bonds. The van der Waals surface area contributed by atoms with Gasteiger partial charge in [0.1, 0.15) is 11.9 Å². The van der Waals surface area contributed by atoms with Crippen LogP contribution in [0.3, 0.4) is 0 Å². The summed E-state index contributed by atoms with van der Waals surface area (Å²) in [5.41, 5.74) is 2.92. The van der Waals surface area contributed by atoms with Crippen LogP contribution in [0.4, 0.5) is 4.39 Å². The third-order valence-corrected chi connectivity index (χ3v) is 2.82. The molecule has 3 nitrogen and oxygen atoms in total. The molecule has 2 aromatic rings. The predicted molar refractivity (Wildman–Crippen MR) is 63.1 cm³/mol. The molecule has 0 aliphatic heterocycles. The van der Waals surface area contributed by atoms with Crippen LogP contribution in [0.25, 0.3) is 0 Å². The maximum Gasteiger partial charge on any atom is 0.123 e. The van der Waals surface area contributed by atoms with Gasteiger partial charge in [-0.1, -0.05) is 6.07 Å². The first-order chi connectivity index (χ1) is 7.99. The SMILES string of the molecule is Cc1cc(F)cc(C(O)c2c(C)cnn2C)c1. The first-order valence-electron chi connectivity index (χ1n) is 5.42. The lowest BCUT2D eigenvalue weighted by Gasteiger charge is -2.13. The van der Waals surface area contributed by atoms with Crippen molar-refractivity contribution in [2.75, 3.05) is 0 Å². The van der Waals surface area contributed by atoms with Gasteiger partial charge < -0.3 is 5.11 Å². The van der Waals surface area contributed by atoms with Gasteiger partial charge in [-0.3, -0.25) is 4.68 Å². The van der Waals surface area contributed by atoms with Crippen LogP contribution in [0.1, 0.15) is 28.5 Å². The first kappa shape index (κ1) is 11.8. The number of halogens is 1.